The fourth-order valence-corrected chi connectivity index (χ4v) is 3.22. The lowest BCUT2D eigenvalue weighted by molar-refractivity contribution is 0.478. The summed E-state index contributed by atoms with van der Waals surface area (Å²) in [6, 6.07) is 0. The van der Waals surface area contributed by atoms with E-state index in [4.69, 9.17) is 22.9 Å². The van der Waals surface area contributed by atoms with Crippen LogP contribution in [0.1, 0.15) is 25.7 Å². The van der Waals surface area contributed by atoms with Gasteiger partial charge in [-0.3, -0.25) is 0 Å². The van der Waals surface area contributed by atoms with Crippen LogP contribution >= 0.6 is 22.9 Å². The summed E-state index contributed by atoms with van der Waals surface area (Å²) >= 11 is 11.7. The van der Waals surface area contributed by atoms with E-state index in [0.29, 0.717) is 5.82 Å². The van der Waals surface area contributed by atoms with Gasteiger partial charge in [0.15, 0.2) is 0 Å². The van der Waals surface area contributed by atoms with Gasteiger partial charge < -0.3 is 0 Å². The summed E-state index contributed by atoms with van der Waals surface area (Å²) in [6.07, 6.45) is 5.51. The van der Waals surface area contributed by atoms with Gasteiger partial charge in [0, 0.05) is 0 Å². The fourth-order valence-electron chi connectivity index (χ4n) is 2.60. The highest BCUT2D eigenvalue weighted by atomic mass is 35.5. The Balaban J connectivity index is 2.02. The lowest BCUT2D eigenvalue weighted by Gasteiger charge is -2.19. The molecule has 10 heavy (non-hydrogen) atoms. The van der Waals surface area contributed by atoms with E-state index >= 15 is 0 Å². The van der Waals surface area contributed by atoms with Crippen molar-refractivity contribution in [1.82, 2.24) is 0 Å². The Morgan fingerprint density at radius 3 is 2.20 bits per heavy atom. The van der Waals surface area contributed by atoms with Gasteiger partial charge in [0.25, 0.3) is 0 Å². The molecule has 0 radical (unpaired) electrons. The average molecular weight is 177 g/mol. The molecule has 0 N–H and O–H groups in total. The monoisotopic (exact) mass is 176 g/mol. The zero-order valence-electron chi connectivity index (χ0n) is 5.89. The van der Waals surface area contributed by atoms with Gasteiger partial charge in [-0.25, -0.2) is 0 Å². The molecule has 0 saturated heterocycles. The van der Waals surface area contributed by atoms with Crippen molar-refractivity contribution in [2.75, 3.05) is 0 Å². The van der Waals surface area contributed by atoms with Crippen molar-refractivity contribution < 1.29 is 0 Å². The Morgan fingerprint density at radius 2 is 1.90 bits per heavy atom. The molecule has 0 heterocycles. The van der Waals surface area contributed by atoms with Crippen LogP contribution in [0.3, 0.4) is 0 Å². The van der Waals surface area contributed by atoms with E-state index in [2.05, 4.69) is 0 Å². The van der Waals surface area contributed by atoms with Gasteiger partial charge in [0.2, 0.25) is 0 Å². The van der Waals surface area contributed by atoms with Crippen LogP contribution in [0.25, 0.3) is 0 Å². The number of rotatable bonds is 1. The van der Waals surface area contributed by atoms with Crippen molar-refractivity contribution >= 4 is 28.5 Å². The van der Waals surface area contributed by atoms with Crippen LogP contribution in [-0.4, -0.2) is 5.54 Å². The minimum atomic E-state index is -0.102. The van der Waals surface area contributed by atoms with Gasteiger partial charge in [-0.2, -0.15) is 22.9 Å². The first-order chi connectivity index (χ1) is 4.77. The molecular weight excluding hydrogens is 166 g/mol. The molecule has 3 heteroatoms. The Kier molecular flexibility index (Phi) is 1.90. The summed E-state index contributed by atoms with van der Waals surface area (Å²) in [6.45, 7) is 0. The zero-order chi connectivity index (χ0) is 7.14. The van der Waals surface area contributed by atoms with Gasteiger partial charge in [0.05, 0.1) is 0 Å². The molecule has 0 spiro atoms. The van der Waals surface area contributed by atoms with Gasteiger partial charge in [0.1, 0.15) is 0 Å². The minimum Gasteiger partial charge on any atom is -0.171 e. The third kappa shape index (κ3) is 1.08. The molecule has 0 aromatic heterocycles. The van der Waals surface area contributed by atoms with Crippen LogP contribution in [0.4, 0.5) is 0 Å². The van der Waals surface area contributed by atoms with Crippen LogP contribution in [0, 0.1) is 11.8 Å². The van der Waals surface area contributed by atoms with Gasteiger partial charge >= 0.3 is 5.54 Å². The summed E-state index contributed by atoms with van der Waals surface area (Å²) in [4.78, 5) is 0. The van der Waals surface area contributed by atoms with Crippen molar-refractivity contribution in [2.24, 2.45) is 11.8 Å². The van der Waals surface area contributed by atoms with E-state index in [0.717, 1.165) is 11.8 Å². The first-order valence-electron chi connectivity index (χ1n) is 4.05. The Hall–Kier alpha value is 0.645. The molecule has 2 aliphatic rings. The van der Waals surface area contributed by atoms with Crippen molar-refractivity contribution in [3.63, 3.8) is 0 Å². The maximum Gasteiger partial charge on any atom is 0.355 e. The lowest BCUT2D eigenvalue weighted by Crippen LogP contribution is -2.14. The lowest BCUT2D eigenvalue weighted by atomic mass is 9.73. The molecule has 0 nitrogen and oxygen atoms in total. The molecule has 2 rings (SSSR count). The van der Waals surface area contributed by atoms with E-state index < -0.39 is 0 Å². The molecular formula is C7H11BCl2. The summed E-state index contributed by atoms with van der Waals surface area (Å²) in [5.74, 6) is 2.46. The number of halogens is 2. The second-order valence-corrected chi connectivity index (χ2v) is 4.84. The van der Waals surface area contributed by atoms with Crippen LogP contribution in [0.5, 0.6) is 0 Å². The second kappa shape index (κ2) is 2.60. The zero-order valence-corrected chi connectivity index (χ0v) is 7.41. The predicted molar refractivity (Wildman–Crippen MR) is 46.7 cm³/mol. The van der Waals surface area contributed by atoms with Crippen LogP contribution in [0.2, 0.25) is 5.82 Å². The molecule has 0 amide bonds. The smallest absolute Gasteiger partial charge is 0.171 e. The Labute approximate surface area is 72.2 Å². The molecule has 3 atom stereocenters. The first kappa shape index (κ1) is 7.30. The minimum absolute atomic E-state index is 0.102. The van der Waals surface area contributed by atoms with E-state index in [-0.39, 0.29) is 5.54 Å². The second-order valence-electron chi connectivity index (χ2n) is 3.67. The van der Waals surface area contributed by atoms with E-state index in [1.165, 1.54) is 25.7 Å². The summed E-state index contributed by atoms with van der Waals surface area (Å²) < 4.78 is 0. The fraction of sp³-hybridized carbons (Fsp3) is 1.00. The molecule has 2 aliphatic carbocycles. The van der Waals surface area contributed by atoms with Crippen LogP contribution < -0.4 is 0 Å². The highest BCUT2D eigenvalue weighted by Crippen LogP contribution is 2.53. The molecule has 2 bridgehead atoms. The maximum absolute atomic E-state index is 5.84. The quantitative estimate of drug-likeness (QED) is 0.539. The van der Waals surface area contributed by atoms with Crippen LogP contribution in [0.15, 0.2) is 0 Å². The molecule has 2 fully saturated rings. The highest BCUT2D eigenvalue weighted by molar-refractivity contribution is 7.34. The van der Waals surface area contributed by atoms with E-state index in [9.17, 15) is 0 Å². The third-order valence-corrected chi connectivity index (χ3v) is 3.76. The summed E-state index contributed by atoms with van der Waals surface area (Å²) in [7, 11) is 0. The first-order valence-corrected chi connectivity index (χ1v) is 4.93. The molecule has 0 aliphatic heterocycles. The van der Waals surface area contributed by atoms with Crippen molar-refractivity contribution in [3.8, 4) is 0 Å². The van der Waals surface area contributed by atoms with E-state index in [1.54, 1.807) is 0 Å². The Morgan fingerprint density at radius 1 is 1.10 bits per heavy atom. The van der Waals surface area contributed by atoms with E-state index in [1.807, 2.05) is 0 Å². The summed E-state index contributed by atoms with van der Waals surface area (Å²) in [5, 5.41) is 0. The van der Waals surface area contributed by atoms with Gasteiger partial charge in [-0.15, -0.1) is 0 Å². The molecule has 56 valence electrons. The summed E-state index contributed by atoms with van der Waals surface area (Å²) in [5.41, 5.74) is -0.102. The molecule has 0 aromatic rings. The standard InChI is InChI=1S/C7H11BCl2/c9-8(10)7-4-5-1-2-6(7)3-5/h5-7H,1-4H2/t5-,6+,7?/m1/s1. The van der Waals surface area contributed by atoms with Gasteiger partial charge in [-0.1, -0.05) is 19.3 Å². The molecule has 0 aromatic carbocycles. The highest BCUT2D eigenvalue weighted by Gasteiger charge is 2.43. The molecule has 2 saturated carbocycles. The van der Waals surface area contributed by atoms with Crippen LogP contribution in [-0.2, 0) is 0 Å². The van der Waals surface area contributed by atoms with Gasteiger partial charge in [-0.05, 0) is 24.1 Å². The SMILES string of the molecule is ClB(Cl)C1C[C@@H]2CC[C@H]1C2. The van der Waals surface area contributed by atoms with Crippen molar-refractivity contribution in [3.05, 3.63) is 0 Å². The topological polar surface area (TPSA) is 0 Å². The number of hydrogen-bond donors (Lipinski definition) is 0. The predicted octanol–water partition coefficient (Wildman–Crippen LogP) is 3.14. The maximum atomic E-state index is 5.84. The largest absolute Gasteiger partial charge is 0.355 e. The normalized spacial score (nSPS) is 44.4. The van der Waals surface area contributed by atoms with Crippen molar-refractivity contribution in [1.29, 1.82) is 0 Å². The Bertz CT molecular complexity index is 138. The average Bonchev–Trinajstić information content (AvgIpc) is 2.44. The van der Waals surface area contributed by atoms with Crippen molar-refractivity contribution in [2.45, 2.75) is 31.5 Å². The third-order valence-electron chi connectivity index (χ3n) is 3.12. The number of hydrogen-bond acceptors (Lipinski definition) is 0. The number of fused-ring (bicyclic) bond motifs is 2. The molecule has 1 unspecified atom stereocenters.